The van der Waals surface area contributed by atoms with E-state index in [1.54, 1.807) is 18.5 Å². The van der Waals surface area contributed by atoms with Gasteiger partial charge in [-0.2, -0.15) is 13.2 Å². The average molecular weight is 456 g/mol. The topological polar surface area (TPSA) is 71.4 Å². The Morgan fingerprint density at radius 2 is 1.85 bits per heavy atom. The summed E-state index contributed by atoms with van der Waals surface area (Å²) in [6.45, 7) is 0.711. The molecule has 3 fully saturated rings. The number of hydrogen-bond donors (Lipinski definition) is 1. The smallest absolute Gasteiger partial charge is 0.417 e. The second kappa shape index (κ2) is 8.72. The van der Waals surface area contributed by atoms with Crippen LogP contribution >= 0.6 is 0 Å². The first-order valence-electron chi connectivity index (χ1n) is 10.9. The van der Waals surface area contributed by atoms with Crippen LogP contribution in [0.4, 0.5) is 13.2 Å². The van der Waals surface area contributed by atoms with Gasteiger partial charge in [-0.3, -0.25) is 14.9 Å². The Hall–Kier alpha value is -3.04. The molecule has 1 saturated carbocycles. The molecule has 6 nitrogen and oxygen atoms in total. The number of ether oxygens (including phenoxy) is 1. The van der Waals surface area contributed by atoms with Crippen molar-refractivity contribution in [2.45, 2.75) is 43.8 Å². The SMILES string of the molecule is O[C@H](c1cccnc1-c1ccccn1)N1CC2CCC1C(Oc1ccc(C(F)(F)F)cn1)C2. The van der Waals surface area contributed by atoms with Crippen molar-refractivity contribution < 1.29 is 23.0 Å². The highest BCUT2D eigenvalue weighted by molar-refractivity contribution is 5.58. The van der Waals surface area contributed by atoms with Crippen molar-refractivity contribution in [3.05, 3.63) is 72.2 Å². The first-order valence-corrected chi connectivity index (χ1v) is 10.9. The molecule has 33 heavy (non-hydrogen) atoms. The quantitative estimate of drug-likeness (QED) is 0.611. The van der Waals surface area contributed by atoms with Gasteiger partial charge in [0.1, 0.15) is 12.3 Å². The third-order valence-corrected chi connectivity index (χ3v) is 6.44. The lowest BCUT2D eigenvalue weighted by Gasteiger charge is -2.51. The van der Waals surface area contributed by atoms with E-state index < -0.39 is 18.0 Å². The van der Waals surface area contributed by atoms with E-state index in [1.165, 1.54) is 6.07 Å². The van der Waals surface area contributed by atoms with E-state index in [9.17, 15) is 18.3 Å². The van der Waals surface area contributed by atoms with Crippen molar-refractivity contribution in [3.8, 4) is 17.3 Å². The van der Waals surface area contributed by atoms with Gasteiger partial charge in [0.2, 0.25) is 5.88 Å². The summed E-state index contributed by atoms with van der Waals surface area (Å²) in [5.74, 6) is 0.476. The molecule has 3 unspecified atom stereocenters. The van der Waals surface area contributed by atoms with E-state index >= 15 is 0 Å². The molecular formula is C24H23F3N4O2. The van der Waals surface area contributed by atoms with Crippen LogP contribution in [0.5, 0.6) is 5.88 Å². The minimum absolute atomic E-state index is 0.0918. The summed E-state index contributed by atoms with van der Waals surface area (Å²) in [5.41, 5.74) is 1.15. The highest BCUT2D eigenvalue weighted by Crippen LogP contribution is 2.42. The van der Waals surface area contributed by atoms with E-state index in [2.05, 4.69) is 15.0 Å². The third-order valence-electron chi connectivity index (χ3n) is 6.44. The fraction of sp³-hybridized carbons (Fsp3) is 0.375. The molecule has 5 heterocycles. The first-order chi connectivity index (χ1) is 15.9. The summed E-state index contributed by atoms with van der Waals surface area (Å²) in [7, 11) is 0. The highest BCUT2D eigenvalue weighted by Gasteiger charge is 2.45. The molecule has 0 aromatic carbocycles. The number of piperidine rings is 2. The van der Waals surface area contributed by atoms with Gasteiger partial charge in [-0.25, -0.2) is 4.98 Å². The lowest BCUT2D eigenvalue weighted by molar-refractivity contribution is -0.138. The number of pyridine rings is 3. The molecule has 4 atom stereocenters. The molecule has 0 amide bonds. The van der Waals surface area contributed by atoms with Crippen molar-refractivity contribution >= 4 is 0 Å². The van der Waals surface area contributed by atoms with Gasteiger partial charge in [-0.05, 0) is 49.4 Å². The van der Waals surface area contributed by atoms with Gasteiger partial charge < -0.3 is 9.84 Å². The third kappa shape index (κ3) is 4.43. The number of nitrogens with zero attached hydrogens (tertiary/aromatic N) is 4. The highest BCUT2D eigenvalue weighted by atomic mass is 19.4. The van der Waals surface area contributed by atoms with Crippen LogP contribution in [0.3, 0.4) is 0 Å². The molecule has 2 bridgehead atoms. The molecule has 3 aromatic rings. The van der Waals surface area contributed by atoms with Crippen LogP contribution in [0.25, 0.3) is 11.4 Å². The molecule has 3 aliphatic rings. The molecular weight excluding hydrogens is 433 g/mol. The van der Waals surface area contributed by atoms with E-state index in [-0.39, 0.29) is 18.0 Å². The molecule has 1 aliphatic carbocycles. The standard InChI is InChI=1S/C24H23F3N4O2/c25-24(26,27)16-7-9-21(30-13-16)33-20-12-15-6-8-19(20)31(14-15)23(32)17-4-3-11-29-22(17)18-5-1-2-10-28-18/h1-5,7,9-11,13,15,19-20,23,32H,6,8,12,14H2/t15?,19?,20?,23-/m1/s1. The number of aliphatic hydroxyl groups excluding tert-OH is 1. The van der Waals surface area contributed by atoms with Crippen LogP contribution in [0, 0.1) is 5.92 Å². The van der Waals surface area contributed by atoms with Crippen LogP contribution in [0.1, 0.15) is 36.6 Å². The summed E-state index contributed by atoms with van der Waals surface area (Å²) < 4.78 is 44.5. The Labute approximate surface area is 189 Å². The van der Waals surface area contributed by atoms with Gasteiger partial charge in [0.05, 0.1) is 17.0 Å². The maximum absolute atomic E-state index is 12.8. The van der Waals surface area contributed by atoms with Gasteiger partial charge in [0.25, 0.3) is 0 Å². The van der Waals surface area contributed by atoms with Crippen LogP contribution in [0.15, 0.2) is 61.1 Å². The fourth-order valence-electron chi connectivity index (χ4n) is 4.88. The van der Waals surface area contributed by atoms with Crippen molar-refractivity contribution in [3.63, 3.8) is 0 Å². The lowest BCUT2D eigenvalue weighted by Crippen LogP contribution is -2.58. The van der Waals surface area contributed by atoms with Crippen molar-refractivity contribution in [2.24, 2.45) is 5.92 Å². The summed E-state index contributed by atoms with van der Waals surface area (Å²) in [6.07, 6.45) is 1.15. The van der Waals surface area contributed by atoms with Gasteiger partial charge >= 0.3 is 6.18 Å². The monoisotopic (exact) mass is 456 g/mol. The largest absolute Gasteiger partial charge is 0.473 e. The number of aromatic nitrogens is 3. The number of alkyl halides is 3. The van der Waals surface area contributed by atoms with Crippen LogP contribution < -0.4 is 4.74 Å². The number of hydrogen-bond acceptors (Lipinski definition) is 6. The zero-order valence-corrected chi connectivity index (χ0v) is 17.7. The number of rotatable bonds is 5. The van der Waals surface area contributed by atoms with E-state index in [4.69, 9.17) is 4.74 Å². The van der Waals surface area contributed by atoms with Gasteiger partial charge in [0.15, 0.2) is 0 Å². The molecule has 3 aromatic heterocycles. The maximum atomic E-state index is 12.8. The molecule has 2 saturated heterocycles. The van der Waals surface area contributed by atoms with E-state index in [0.717, 1.165) is 31.5 Å². The van der Waals surface area contributed by atoms with Crippen LogP contribution in [-0.4, -0.2) is 43.6 Å². The molecule has 1 N–H and O–H groups in total. The first kappa shape index (κ1) is 21.8. The van der Waals surface area contributed by atoms with Crippen LogP contribution in [0.2, 0.25) is 0 Å². The molecule has 6 rings (SSSR count). The second-order valence-electron chi connectivity index (χ2n) is 8.51. The summed E-state index contributed by atoms with van der Waals surface area (Å²) >= 11 is 0. The maximum Gasteiger partial charge on any atom is 0.417 e. The van der Waals surface area contributed by atoms with Crippen LogP contribution in [-0.2, 0) is 6.18 Å². The Morgan fingerprint density at radius 1 is 1.00 bits per heavy atom. The summed E-state index contributed by atoms with van der Waals surface area (Å²) in [5, 5.41) is 11.4. The minimum Gasteiger partial charge on any atom is -0.473 e. The Morgan fingerprint density at radius 3 is 2.55 bits per heavy atom. The van der Waals surface area contributed by atoms with E-state index in [0.29, 0.717) is 29.4 Å². The molecule has 9 heteroatoms. The normalized spacial score (nSPS) is 23.9. The van der Waals surface area contributed by atoms with Gasteiger partial charge in [-0.1, -0.05) is 12.1 Å². The van der Waals surface area contributed by atoms with Crippen molar-refractivity contribution in [1.29, 1.82) is 0 Å². The number of fused-ring (bicyclic) bond motifs is 3. The minimum atomic E-state index is -4.44. The lowest BCUT2D eigenvalue weighted by atomic mass is 9.77. The predicted octanol–water partition coefficient (Wildman–Crippen LogP) is 4.48. The zero-order chi connectivity index (χ0) is 23.0. The molecule has 0 spiro atoms. The van der Waals surface area contributed by atoms with Crippen molar-refractivity contribution in [1.82, 2.24) is 19.9 Å². The Bertz CT molecular complexity index is 1090. The second-order valence-corrected chi connectivity index (χ2v) is 8.51. The molecule has 0 radical (unpaired) electrons. The van der Waals surface area contributed by atoms with Crippen molar-refractivity contribution in [2.75, 3.05) is 6.54 Å². The summed E-state index contributed by atoms with van der Waals surface area (Å²) in [4.78, 5) is 14.7. The fourth-order valence-corrected chi connectivity index (χ4v) is 4.88. The predicted molar refractivity (Wildman–Crippen MR) is 114 cm³/mol. The van der Waals surface area contributed by atoms with E-state index in [1.807, 2.05) is 29.2 Å². The Kier molecular flexibility index (Phi) is 5.76. The van der Waals surface area contributed by atoms with Gasteiger partial charge in [-0.15, -0.1) is 0 Å². The number of halogens is 3. The number of aliphatic hydroxyl groups is 1. The average Bonchev–Trinajstić information content (AvgIpc) is 2.84. The van der Waals surface area contributed by atoms with Gasteiger partial charge in [0, 0.05) is 42.8 Å². The molecule has 2 aliphatic heterocycles. The zero-order valence-electron chi connectivity index (χ0n) is 17.7. The Balaban J connectivity index is 1.37. The molecule has 172 valence electrons. The summed E-state index contributed by atoms with van der Waals surface area (Å²) in [6, 6.07) is 11.3.